The zero-order chi connectivity index (χ0) is 59.9. The molecule has 0 aromatic heterocycles. The van der Waals surface area contributed by atoms with Gasteiger partial charge in [0.1, 0.15) is 13.2 Å². The molecule has 1 unspecified atom stereocenters. The first kappa shape index (κ1) is 77.5. The van der Waals surface area contributed by atoms with Gasteiger partial charge >= 0.3 is 17.9 Å². The SMILES string of the molecule is CC/C=C\C/C=C\C/C=C\C/C=C\C/C=C\C/C=C\C/C=C\CCCCCCCC(=O)OCC(COC(=O)CCCCCCC/C=C\CCCC)OC(=O)CCCCCCC/C=C\C/C=C\C/C=C\C/C=C\C/C=C\C/C=C\C/C=C\CC. The molecule has 0 rings (SSSR count). The first-order valence-electron chi connectivity index (χ1n) is 33.3. The van der Waals surface area contributed by atoms with Crippen molar-refractivity contribution in [1.82, 2.24) is 0 Å². The predicted molar refractivity (Wildman–Crippen MR) is 361 cm³/mol. The van der Waals surface area contributed by atoms with Gasteiger partial charge in [0.05, 0.1) is 0 Å². The standard InChI is InChI=1S/C77H120O6/c1-4-7-10-13-16-19-22-24-26-28-30-32-34-36-38-40-42-44-46-48-50-52-55-58-61-64-67-70-76(79)82-73-74(72-81-75(78)69-66-63-60-57-54-21-18-15-12-9-6-3)83-77(80)71-68-65-62-59-56-53-51-49-47-45-43-41-39-37-35-33-31-29-27-25-23-20-17-14-11-8-5-2/h7-8,10-11,15-20,24-27,30-33,36-39,42-45,48-51,74H,4-6,9,12-14,21-23,28-29,34-35,40-41,46-47,52-73H2,1-3H3/b10-7-,11-8-,18-15-,19-16-,20-17-,26-24-,27-25-,32-30-,33-31-,38-36-,39-37-,44-42-,45-43-,50-48-,51-49-. The highest BCUT2D eigenvalue weighted by atomic mass is 16.6. The first-order valence-corrected chi connectivity index (χ1v) is 33.3. The molecule has 83 heavy (non-hydrogen) atoms. The van der Waals surface area contributed by atoms with E-state index in [0.29, 0.717) is 12.8 Å². The lowest BCUT2D eigenvalue weighted by atomic mass is 10.1. The van der Waals surface area contributed by atoms with Crippen LogP contribution in [-0.2, 0) is 28.6 Å². The lowest BCUT2D eigenvalue weighted by Crippen LogP contribution is -2.30. The van der Waals surface area contributed by atoms with Crippen LogP contribution in [0.1, 0.15) is 265 Å². The van der Waals surface area contributed by atoms with Crippen molar-refractivity contribution in [1.29, 1.82) is 0 Å². The van der Waals surface area contributed by atoms with Gasteiger partial charge in [0.25, 0.3) is 0 Å². The lowest BCUT2D eigenvalue weighted by molar-refractivity contribution is -0.167. The number of hydrogen-bond acceptors (Lipinski definition) is 6. The van der Waals surface area contributed by atoms with Crippen LogP contribution in [0.2, 0.25) is 0 Å². The van der Waals surface area contributed by atoms with E-state index in [9.17, 15) is 14.4 Å². The number of allylic oxidation sites excluding steroid dienone is 30. The Balaban J connectivity index is 4.42. The van der Waals surface area contributed by atoms with Crippen LogP contribution in [0.25, 0.3) is 0 Å². The van der Waals surface area contributed by atoms with E-state index < -0.39 is 6.10 Å². The largest absolute Gasteiger partial charge is 0.462 e. The van der Waals surface area contributed by atoms with Crippen LogP contribution in [0, 0.1) is 0 Å². The van der Waals surface area contributed by atoms with Crippen molar-refractivity contribution in [3.05, 3.63) is 182 Å². The summed E-state index contributed by atoms with van der Waals surface area (Å²) < 4.78 is 16.9. The summed E-state index contributed by atoms with van der Waals surface area (Å²) in [5.74, 6) is -0.960. The highest BCUT2D eigenvalue weighted by Gasteiger charge is 2.19. The molecule has 0 N–H and O–H groups in total. The highest BCUT2D eigenvalue weighted by molar-refractivity contribution is 5.71. The highest BCUT2D eigenvalue weighted by Crippen LogP contribution is 2.14. The molecule has 0 aromatic rings. The molecule has 0 aliphatic heterocycles. The van der Waals surface area contributed by atoms with Gasteiger partial charge in [0, 0.05) is 19.3 Å². The van der Waals surface area contributed by atoms with Crippen molar-refractivity contribution < 1.29 is 28.6 Å². The monoisotopic (exact) mass is 1140 g/mol. The molecule has 0 radical (unpaired) electrons. The van der Waals surface area contributed by atoms with Crippen molar-refractivity contribution in [2.24, 2.45) is 0 Å². The van der Waals surface area contributed by atoms with Gasteiger partial charge in [-0.1, -0.05) is 274 Å². The fraction of sp³-hybridized carbons (Fsp3) is 0.571. The van der Waals surface area contributed by atoms with Crippen molar-refractivity contribution in [2.45, 2.75) is 271 Å². The number of hydrogen-bond donors (Lipinski definition) is 0. The third kappa shape index (κ3) is 67.2. The Morgan fingerprint density at radius 2 is 0.470 bits per heavy atom. The quantitative estimate of drug-likeness (QED) is 0.0261. The Morgan fingerprint density at radius 3 is 0.747 bits per heavy atom. The van der Waals surface area contributed by atoms with Crippen LogP contribution in [0.3, 0.4) is 0 Å². The van der Waals surface area contributed by atoms with Crippen molar-refractivity contribution in [3.8, 4) is 0 Å². The van der Waals surface area contributed by atoms with Crippen LogP contribution in [0.15, 0.2) is 182 Å². The van der Waals surface area contributed by atoms with Gasteiger partial charge in [-0.05, 0) is 154 Å². The molecule has 0 saturated carbocycles. The lowest BCUT2D eigenvalue weighted by Gasteiger charge is -2.18. The van der Waals surface area contributed by atoms with E-state index in [-0.39, 0.29) is 37.5 Å². The van der Waals surface area contributed by atoms with Crippen LogP contribution in [0.4, 0.5) is 0 Å². The summed E-state index contributed by atoms with van der Waals surface area (Å²) >= 11 is 0. The summed E-state index contributed by atoms with van der Waals surface area (Å²) in [6, 6.07) is 0. The van der Waals surface area contributed by atoms with Crippen molar-refractivity contribution >= 4 is 17.9 Å². The minimum Gasteiger partial charge on any atom is -0.462 e. The minimum atomic E-state index is -0.812. The Bertz CT molecular complexity index is 1940. The minimum absolute atomic E-state index is 0.105. The third-order valence-corrected chi connectivity index (χ3v) is 13.4. The number of carbonyl (C=O) groups excluding carboxylic acids is 3. The fourth-order valence-electron chi connectivity index (χ4n) is 8.44. The molecule has 0 bridgehead atoms. The number of ether oxygens (including phenoxy) is 3. The van der Waals surface area contributed by atoms with Gasteiger partial charge < -0.3 is 14.2 Å². The molecular formula is C77H120O6. The molecule has 0 aliphatic carbocycles. The zero-order valence-corrected chi connectivity index (χ0v) is 53.1. The molecule has 0 heterocycles. The third-order valence-electron chi connectivity index (χ3n) is 13.4. The summed E-state index contributed by atoms with van der Waals surface area (Å²) in [6.45, 7) is 6.32. The molecule has 1 atom stereocenters. The molecule has 6 heteroatoms. The second kappa shape index (κ2) is 69.0. The fourth-order valence-corrected chi connectivity index (χ4v) is 8.44. The molecule has 0 spiro atoms. The van der Waals surface area contributed by atoms with Crippen molar-refractivity contribution in [2.75, 3.05) is 13.2 Å². The smallest absolute Gasteiger partial charge is 0.306 e. The maximum atomic E-state index is 12.9. The molecule has 0 amide bonds. The van der Waals surface area contributed by atoms with Crippen LogP contribution >= 0.6 is 0 Å². The van der Waals surface area contributed by atoms with E-state index in [1.165, 1.54) is 25.7 Å². The summed E-state index contributed by atoms with van der Waals surface area (Å²) in [4.78, 5) is 38.3. The average Bonchev–Trinajstić information content (AvgIpc) is 3.48. The van der Waals surface area contributed by atoms with Gasteiger partial charge in [-0.2, -0.15) is 0 Å². The van der Waals surface area contributed by atoms with Crippen LogP contribution < -0.4 is 0 Å². The second-order valence-electron chi connectivity index (χ2n) is 21.3. The molecule has 0 saturated heterocycles. The van der Waals surface area contributed by atoms with E-state index >= 15 is 0 Å². The maximum Gasteiger partial charge on any atom is 0.306 e. The summed E-state index contributed by atoms with van der Waals surface area (Å²) in [7, 11) is 0. The Kier molecular flexibility index (Phi) is 64.4. The van der Waals surface area contributed by atoms with Gasteiger partial charge in [-0.15, -0.1) is 0 Å². The van der Waals surface area contributed by atoms with E-state index in [0.717, 1.165) is 199 Å². The van der Waals surface area contributed by atoms with Crippen LogP contribution in [-0.4, -0.2) is 37.2 Å². The predicted octanol–water partition coefficient (Wildman–Crippen LogP) is 23.2. The number of esters is 3. The number of rotatable bonds is 58. The van der Waals surface area contributed by atoms with Gasteiger partial charge in [-0.3, -0.25) is 14.4 Å². The molecule has 6 nitrogen and oxygen atoms in total. The van der Waals surface area contributed by atoms with E-state index in [2.05, 4.69) is 203 Å². The summed E-state index contributed by atoms with van der Waals surface area (Å²) in [5, 5.41) is 0. The first-order chi connectivity index (χ1) is 41.0. The Hall–Kier alpha value is -5.49. The Labute approximate surface area is 510 Å². The average molecular weight is 1140 g/mol. The van der Waals surface area contributed by atoms with Gasteiger partial charge in [0.15, 0.2) is 6.10 Å². The van der Waals surface area contributed by atoms with E-state index in [4.69, 9.17) is 14.2 Å². The second-order valence-corrected chi connectivity index (χ2v) is 21.3. The van der Waals surface area contributed by atoms with E-state index in [1.807, 2.05) is 0 Å². The van der Waals surface area contributed by atoms with E-state index in [1.54, 1.807) is 0 Å². The zero-order valence-electron chi connectivity index (χ0n) is 53.1. The molecular weight excluding hydrogens is 1020 g/mol. The maximum absolute atomic E-state index is 12.9. The summed E-state index contributed by atoms with van der Waals surface area (Å²) in [5.41, 5.74) is 0. The molecule has 464 valence electrons. The Morgan fingerprint density at radius 1 is 0.253 bits per heavy atom. The number of carbonyl (C=O) groups is 3. The van der Waals surface area contributed by atoms with Gasteiger partial charge in [-0.25, -0.2) is 0 Å². The molecule has 0 aromatic carbocycles. The van der Waals surface area contributed by atoms with Crippen molar-refractivity contribution in [3.63, 3.8) is 0 Å². The molecule has 0 aliphatic rings. The van der Waals surface area contributed by atoms with Crippen LogP contribution in [0.5, 0.6) is 0 Å². The van der Waals surface area contributed by atoms with Gasteiger partial charge in [0.2, 0.25) is 0 Å². The summed E-state index contributed by atoms with van der Waals surface area (Å²) in [6.07, 6.45) is 103. The normalized spacial score (nSPS) is 13.3. The number of unbranched alkanes of at least 4 members (excludes halogenated alkanes) is 17. The topological polar surface area (TPSA) is 78.9 Å². The molecule has 0 fully saturated rings.